The zero-order chi connectivity index (χ0) is 13.0. The minimum Gasteiger partial charge on any atom is -0.379 e. The number of nitrogens with zero attached hydrogens (tertiary/aromatic N) is 2. The molecule has 1 fully saturated rings. The molecular weight excluding hydrogens is 230 g/mol. The molecule has 2 rings (SSSR count). The average Bonchev–Trinajstić information content (AvgIpc) is 2.40. The predicted molar refractivity (Wildman–Crippen MR) is 70.6 cm³/mol. The molecule has 1 aliphatic carbocycles. The number of aromatic nitrogens is 1. The molecule has 0 aliphatic heterocycles. The van der Waals surface area contributed by atoms with Gasteiger partial charge in [-0.15, -0.1) is 0 Å². The van der Waals surface area contributed by atoms with Crippen LogP contribution in [0.5, 0.6) is 0 Å². The van der Waals surface area contributed by atoms with Crippen LogP contribution < -0.4 is 5.32 Å². The minimum atomic E-state index is -0.478. The highest BCUT2D eigenvalue weighted by Crippen LogP contribution is 2.28. The van der Waals surface area contributed by atoms with Gasteiger partial charge in [-0.3, -0.25) is 0 Å². The second kappa shape index (κ2) is 5.80. The Labute approximate surface area is 107 Å². The van der Waals surface area contributed by atoms with E-state index in [1.807, 2.05) is 0 Å². The zero-order valence-corrected chi connectivity index (χ0v) is 10.6. The summed E-state index contributed by atoms with van der Waals surface area (Å²) in [5.41, 5.74) is 0.860. The highest BCUT2D eigenvalue weighted by atomic mass is 16.6. The van der Waals surface area contributed by atoms with E-state index in [0.717, 1.165) is 5.69 Å². The summed E-state index contributed by atoms with van der Waals surface area (Å²) >= 11 is 0. The van der Waals surface area contributed by atoms with E-state index in [4.69, 9.17) is 0 Å². The van der Waals surface area contributed by atoms with Gasteiger partial charge in [-0.05, 0) is 41.7 Å². The van der Waals surface area contributed by atoms with Crippen molar-refractivity contribution in [2.75, 3.05) is 5.32 Å². The summed E-state index contributed by atoms with van der Waals surface area (Å²) in [6, 6.07) is 3.56. The molecule has 1 aromatic heterocycles. The number of hydrogen-bond acceptors (Lipinski definition) is 4. The molecule has 0 saturated heterocycles. The van der Waals surface area contributed by atoms with Crippen molar-refractivity contribution in [3.05, 3.63) is 28.4 Å². The quantitative estimate of drug-likeness (QED) is 0.656. The van der Waals surface area contributed by atoms with E-state index >= 15 is 0 Å². The first-order valence-corrected chi connectivity index (χ1v) is 6.54. The van der Waals surface area contributed by atoms with Crippen LogP contribution in [-0.2, 0) is 0 Å². The molecule has 1 unspecified atom stereocenters. The van der Waals surface area contributed by atoms with Crippen LogP contribution in [0.25, 0.3) is 0 Å². The number of anilines is 1. The third kappa shape index (κ3) is 3.18. The molecule has 0 bridgehead atoms. The molecular formula is C13H19N3O2. The van der Waals surface area contributed by atoms with E-state index in [1.54, 1.807) is 6.07 Å². The first-order valence-electron chi connectivity index (χ1n) is 6.54. The fourth-order valence-electron chi connectivity index (χ4n) is 2.59. The van der Waals surface area contributed by atoms with Crippen molar-refractivity contribution in [1.29, 1.82) is 0 Å². The molecule has 0 aromatic carbocycles. The second-order valence-corrected chi connectivity index (χ2v) is 4.99. The number of rotatable bonds is 4. The van der Waals surface area contributed by atoms with Crippen molar-refractivity contribution in [1.82, 2.24) is 4.98 Å². The maximum absolute atomic E-state index is 10.5. The SMILES string of the molecule is CC(Nc1ccc([N+](=O)[O-])nc1)C1CCCCC1. The van der Waals surface area contributed by atoms with E-state index in [1.165, 1.54) is 44.4 Å². The highest BCUT2D eigenvalue weighted by molar-refractivity contribution is 5.44. The standard InChI is InChI=1S/C13H19N3O2/c1-10(11-5-3-2-4-6-11)15-12-7-8-13(14-9-12)16(17)18/h7-11,15H,2-6H2,1H3. The molecule has 5 heteroatoms. The highest BCUT2D eigenvalue weighted by Gasteiger charge is 2.20. The maximum Gasteiger partial charge on any atom is 0.363 e. The first-order chi connectivity index (χ1) is 8.66. The molecule has 0 spiro atoms. The van der Waals surface area contributed by atoms with E-state index in [2.05, 4.69) is 17.2 Å². The van der Waals surface area contributed by atoms with E-state index in [9.17, 15) is 10.1 Å². The normalized spacial score (nSPS) is 18.3. The Morgan fingerprint density at radius 1 is 1.39 bits per heavy atom. The molecule has 1 aromatic rings. The van der Waals surface area contributed by atoms with Crippen LogP contribution in [0, 0.1) is 16.0 Å². The van der Waals surface area contributed by atoms with Crippen molar-refractivity contribution in [3.63, 3.8) is 0 Å². The van der Waals surface area contributed by atoms with Crippen LogP contribution in [0.15, 0.2) is 18.3 Å². The lowest BCUT2D eigenvalue weighted by Gasteiger charge is -2.28. The monoisotopic (exact) mass is 249 g/mol. The summed E-state index contributed by atoms with van der Waals surface area (Å²) in [4.78, 5) is 13.8. The minimum absolute atomic E-state index is 0.106. The molecule has 98 valence electrons. The van der Waals surface area contributed by atoms with Gasteiger partial charge in [-0.2, -0.15) is 0 Å². The number of nitro groups is 1. The topological polar surface area (TPSA) is 68.1 Å². The van der Waals surface area contributed by atoms with E-state index < -0.39 is 4.92 Å². The van der Waals surface area contributed by atoms with Crippen LogP contribution in [0.4, 0.5) is 11.5 Å². The molecule has 0 amide bonds. The van der Waals surface area contributed by atoms with Crippen molar-refractivity contribution in [3.8, 4) is 0 Å². The molecule has 5 nitrogen and oxygen atoms in total. The van der Waals surface area contributed by atoms with Crippen molar-refractivity contribution in [2.24, 2.45) is 5.92 Å². The fourth-order valence-corrected chi connectivity index (χ4v) is 2.59. The third-order valence-corrected chi connectivity index (χ3v) is 3.69. The van der Waals surface area contributed by atoms with Crippen LogP contribution in [0.1, 0.15) is 39.0 Å². The van der Waals surface area contributed by atoms with Gasteiger partial charge in [-0.1, -0.05) is 19.3 Å². The van der Waals surface area contributed by atoms with Gasteiger partial charge in [0.05, 0.1) is 5.69 Å². The predicted octanol–water partition coefficient (Wildman–Crippen LogP) is 3.37. The molecule has 18 heavy (non-hydrogen) atoms. The largest absolute Gasteiger partial charge is 0.379 e. The molecule has 1 aliphatic rings. The molecule has 1 atom stereocenters. The second-order valence-electron chi connectivity index (χ2n) is 4.99. The van der Waals surface area contributed by atoms with Gasteiger partial charge in [0.1, 0.15) is 0 Å². The summed E-state index contributed by atoms with van der Waals surface area (Å²) in [5.74, 6) is 0.597. The Morgan fingerprint density at radius 3 is 2.67 bits per heavy atom. The maximum atomic E-state index is 10.5. The van der Waals surface area contributed by atoms with Crippen LogP contribution >= 0.6 is 0 Å². The van der Waals surface area contributed by atoms with E-state index in [0.29, 0.717) is 12.0 Å². The summed E-state index contributed by atoms with van der Waals surface area (Å²) < 4.78 is 0. The van der Waals surface area contributed by atoms with Gasteiger partial charge in [0, 0.05) is 12.1 Å². The van der Waals surface area contributed by atoms with Gasteiger partial charge in [-0.25, -0.2) is 0 Å². The molecule has 1 saturated carbocycles. The molecule has 1 heterocycles. The van der Waals surface area contributed by atoms with Gasteiger partial charge in [0.25, 0.3) is 0 Å². The average molecular weight is 249 g/mol. The smallest absolute Gasteiger partial charge is 0.363 e. The van der Waals surface area contributed by atoms with Crippen molar-refractivity contribution < 1.29 is 4.92 Å². The summed E-state index contributed by atoms with van der Waals surface area (Å²) in [6.45, 7) is 2.18. The Hall–Kier alpha value is -1.65. The lowest BCUT2D eigenvalue weighted by molar-refractivity contribution is -0.389. The van der Waals surface area contributed by atoms with Crippen molar-refractivity contribution in [2.45, 2.75) is 45.1 Å². The third-order valence-electron chi connectivity index (χ3n) is 3.69. The molecule has 0 radical (unpaired) electrons. The van der Waals surface area contributed by atoms with Gasteiger partial charge in [0.2, 0.25) is 0 Å². The Morgan fingerprint density at radius 2 is 2.11 bits per heavy atom. The van der Waals surface area contributed by atoms with Gasteiger partial charge < -0.3 is 15.4 Å². The van der Waals surface area contributed by atoms with Gasteiger partial charge in [0.15, 0.2) is 6.20 Å². The summed E-state index contributed by atoms with van der Waals surface area (Å²) in [7, 11) is 0. The lowest BCUT2D eigenvalue weighted by Crippen LogP contribution is -2.27. The van der Waals surface area contributed by atoms with Crippen LogP contribution in [-0.4, -0.2) is 15.9 Å². The number of pyridine rings is 1. The zero-order valence-electron chi connectivity index (χ0n) is 10.6. The lowest BCUT2D eigenvalue weighted by atomic mass is 9.84. The molecule has 1 N–H and O–H groups in total. The fraction of sp³-hybridized carbons (Fsp3) is 0.615. The van der Waals surface area contributed by atoms with Crippen LogP contribution in [0.2, 0.25) is 0 Å². The van der Waals surface area contributed by atoms with E-state index in [-0.39, 0.29) is 5.82 Å². The Balaban J connectivity index is 1.93. The Bertz CT molecular complexity index is 399. The first kappa shape index (κ1) is 12.8. The van der Waals surface area contributed by atoms with Crippen molar-refractivity contribution >= 4 is 11.5 Å². The van der Waals surface area contributed by atoms with Gasteiger partial charge >= 0.3 is 5.82 Å². The van der Waals surface area contributed by atoms with Crippen LogP contribution in [0.3, 0.4) is 0 Å². The Kier molecular flexibility index (Phi) is 4.12. The number of hydrogen-bond donors (Lipinski definition) is 1. The number of nitrogens with one attached hydrogen (secondary N) is 1. The summed E-state index contributed by atoms with van der Waals surface area (Å²) in [6.07, 6.45) is 8.06. The summed E-state index contributed by atoms with van der Waals surface area (Å²) in [5, 5.41) is 13.9.